The van der Waals surface area contributed by atoms with Crippen LogP contribution in [0.1, 0.15) is 5.01 Å². The van der Waals surface area contributed by atoms with E-state index in [0.29, 0.717) is 5.01 Å². The van der Waals surface area contributed by atoms with Crippen LogP contribution in [-0.2, 0) is 11.2 Å². The summed E-state index contributed by atoms with van der Waals surface area (Å²) >= 11 is 1.40. The summed E-state index contributed by atoms with van der Waals surface area (Å²) in [6, 6.07) is 16.0. The summed E-state index contributed by atoms with van der Waals surface area (Å²) in [7, 11) is 0. The molecule has 0 aliphatic carbocycles. The van der Waals surface area contributed by atoms with E-state index in [0.717, 1.165) is 21.3 Å². The number of fused-ring (bicyclic) bond motifs is 1. The molecule has 0 unspecified atom stereocenters. The Kier molecular flexibility index (Phi) is 4.94. The van der Waals surface area contributed by atoms with Gasteiger partial charge in [0, 0.05) is 12.4 Å². The summed E-state index contributed by atoms with van der Waals surface area (Å²) in [5.74, 6) is -1.10. The second kappa shape index (κ2) is 6.50. The zero-order valence-corrected chi connectivity index (χ0v) is 13.8. The third kappa shape index (κ3) is 3.27. The van der Waals surface area contributed by atoms with E-state index >= 15 is 0 Å². The Hall–Kier alpha value is -1.20. The zero-order chi connectivity index (χ0) is 13.2. The molecule has 3 rings (SSSR count). The van der Waals surface area contributed by atoms with Crippen LogP contribution in [-0.4, -0.2) is 11.0 Å². The smallest absolute Gasteiger partial charge is 0.550 e. The number of aliphatic carboxylic acids is 1. The van der Waals surface area contributed by atoms with Gasteiger partial charge in [0.2, 0.25) is 0 Å². The Morgan fingerprint density at radius 2 is 1.85 bits per heavy atom. The number of hydrogen-bond donors (Lipinski definition) is 0. The van der Waals surface area contributed by atoms with Gasteiger partial charge in [0.1, 0.15) is 0 Å². The molecule has 0 N–H and O–H groups in total. The van der Waals surface area contributed by atoms with Gasteiger partial charge in [-0.05, 0) is 23.3 Å². The average Bonchev–Trinajstić information content (AvgIpc) is 2.79. The van der Waals surface area contributed by atoms with Crippen molar-refractivity contribution in [3.8, 4) is 11.1 Å². The maximum absolute atomic E-state index is 10.6. The zero-order valence-electron chi connectivity index (χ0n) is 11.0. The quantitative estimate of drug-likeness (QED) is 0.597. The molecule has 94 valence electrons. The summed E-state index contributed by atoms with van der Waals surface area (Å²) in [5, 5.41) is 11.2. The monoisotopic (exact) mass is 291 g/mol. The van der Waals surface area contributed by atoms with Crippen LogP contribution in [0.2, 0.25) is 0 Å². The van der Waals surface area contributed by atoms with Crippen molar-refractivity contribution in [2.24, 2.45) is 0 Å². The van der Waals surface area contributed by atoms with E-state index in [-0.39, 0.29) is 36.0 Å². The van der Waals surface area contributed by atoms with Gasteiger partial charge in [0.05, 0.1) is 15.2 Å². The molecular weight excluding hydrogens is 281 g/mol. The molecule has 0 amide bonds. The first kappa shape index (κ1) is 15.2. The average molecular weight is 291 g/mol. The number of aromatic nitrogens is 1. The van der Waals surface area contributed by atoms with Gasteiger partial charge in [-0.2, -0.15) is 0 Å². The van der Waals surface area contributed by atoms with Gasteiger partial charge in [0.15, 0.2) is 0 Å². The van der Waals surface area contributed by atoms with E-state index in [1.807, 2.05) is 48.5 Å². The minimum absolute atomic E-state index is 0. The SMILES string of the molecule is O=C([O-])Cc1nc2ccc(-c3ccccc3)cc2s1.[Na+]. The molecule has 20 heavy (non-hydrogen) atoms. The predicted molar refractivity (Wildman–Crippen MR) is 73.8 cm³/mol. The second-order valence-electron chi connectivity index (χ2n) is 4.20. The van der Waals surface area contributed by atoms with Crippen LogP contribution in [0.4, 0.5) is 0 Å². The Labute approximate surface area is 142 Å². The molecule has 0 aliphatic heterocycles. The minimum atomic E-state index is -1.10. The number of nitrogens with zero attached hydrogens (tertiary/aromatic N) is 1. The van der Waals surface area contributed by atoms with E-state index in [2.05, 4.69) is 4.98 Å². The number of carbonyl (C=O) groups is 1. The molecule has 0 saturated heterocycles. The Morgan fingerprint density at radius 1 is 1.10 bits per heavy atom. The third-order valence-electron chi connectivity index (χ3n) is 2.84. The van der Waals surface area contributed by atoms with E-state index in [9.17, 15) is 9.90 Å². The predicted octanol–water partition coefficient (Wildman–Crippen LogP) is -0.740. The van der Waals surface area contributed by atoms with E-state index in [1.165, 1.54) is 11.3 Å². The molecule has 2 aromatic carbocycles. The summed E-state index contributed by atoms with van der Waals surface area (Å²) in [6.07, 6.45) is -0.125. The van der Waals surface area contributed by atoms with Crippen molar-refractivity contribution in [1.29, 1.82) is 0 Å². The van der Waals surface area contributed by atoms with Crippen LogP contribution in [0.25, 0.3) is 21.3 Å². The molecule has 3 nitrogen and oxygen atoms in total. The van der Waals surface area contributed by atoms with Crippen molar-refractivity contribution < 1.29 is 39.5 Å². The summed E-state index contributed by atoms with van der Waals surface area (Å²) in [4.78, 5) is 14.9. The third-order valence-corrected chi connectivity index (χ3v) is 3.85. The van der Waals surface area contributed by atoms with Crippen LogP contribution < -0.4 is 34.7 Å². The molecule has 5 heteroatoms. The fourth-order valence-corrected chi connectivity index (χ4v) is 2.97. The Bertz CT molecular complexity index is 740. The second-order valence-corrected chi connectivity index (χ2v) is 5.32. The number of benzene rings is 2. The molecule has 0 bridgehead atoms. The summed E-state index contributed by atoms with van der Waals surface area (Å²) < 4.78 is 0.998. The number of carboxylic acid groups (broad SMARTS) is 1. The molecule has 0 fully saturated rings. The fourth-order valence-electron chi connectivity index (χ4n) is 1.98. The topological polar surface area (TPSA) is 53.0 Å². The molecular formula is C15H10NNaO2S. The van der Waals surface area contributed by atoms with E-state index in [1.54, 1.807) is 0 Å². The number of carbonyl (C=O) groups excluding carboxylic acids is 1. The number of thiazole rings is 1. The van der Waals surface area contributed by atoms with E-state index < -0.39 is 5.97 Å². The summed E-state index contributed by atoms with van der Waals surface area (Å²) in [6.45, 7) is 0. The molecule has 0 atom stereocenters. The van der Waals surface area contributed by atoms with Crippen LogP contribution in [0.15, 0.2) is 48.5 Å². The van der Waals surface area contributed by atoms with Crippen molar-refractivity contribution in [2.45, 2.75) is 6.42 Å². The van der Waals surface area contributed by atoms with Crippen LogP contribution in [0, 0.1) is 0 Å². The van der Waals surface area contributed by atoms with Crippen molar-refractivity contribution >= 4 is 27.5 Å². The van der Waals surface area contributed by atoms with Gasteiger partial charge in [-0.25, -0.2) is 4.98 Å². The molecule has 3 aromatic rings. The number of rotatable bonds is 3. The van der Waals surface area contributed by atoms with Gasteiger partial charge in [-0.1, -0.05) is 36.4 Å². The van der Waals surface area contributed by atoms with Gasteiger partial charge >= 0.3 is 29.6 Å². The van der Waals surface area contributed by atoms with Gasteiger partial charge in [-0.3, -0.25) is 0 Å². The van der Waals surface area contributed by atoms with Crippen LogP contribution in [0.5, 0.6) is 0 Å². The Balaban J connectivity index is 0.00000147. The molecule has 1 heterocycles. The number of hydrogen-bond acceptors (Lipinski definition) is 4. The fraction of sp³-hybridized carbons (Fsp3) is 0.0667. The molecule has 0 aliphatic rings. The summed E-state index contributed by atoms with van der Waals surface area (Å²) in [5.41, 5.74) is 3.08. The van der Waals surface area contributed by atoms with Crippen molar-refractivity contribution in [2.75, 3.05) is 0 Å². The molecule has 0 spiro atoms. The molecule has 0 radical (unpaired) electrons. The van der Waals surface area contributed by atoms with Gasteiger partial charge in [-0.15, -0.1) is 11.3 Å². The maximum Gasteiger partial charge on any atom is 1.00 e. The maximum atomic E-state index is 10.6. The van der Waals surface area contributed by atoms with Crippen molar-refractivity contribution in [1.82, 2.24) is 4.98 Å². The molecule has 0 saturated carbocycles. The van der Waals surface area contributed by atoms with Crippen molar-refractivity contribution in [3.63, 3.8) is 0 Å². The minimum Gasteiger partial charge on any atom is -0.550 e. The van der Waals surface area contributed by atoms with E-state index in [4.69, 9.17) is 0 Å². The Morgan fingerprint density at radius 3 is 2.55 bits per heavy atom. The first-order chi connectivity index (χ1) is 9.22. The largest absolute Gasteiger partial charge is 1.00 e. The van der Waals surface area contributed by atoms with Crippen LogP contribution in [0.3, 0.4) is 0 Å². The van der Waals surface area contributed by atoms with Gasteiger partial charge in [0.25, 0.3) is 0 Å². The number of carboxylic acids is 1. The normalized spacial score (nSPS) is 10.2. The van der Waals surface area contributed by atoms with Gasteiger partial charge < -0.3 is 9.90 Å². The standard InChI is InChI=1S/C15H11NO2S.Na/c17-15(18)9-14-16-12-7-6-11(8-13(12)19-14)10-4-2-1-3-5-10;/h1-8H,9H2,(H,17,18);/q;+1/p-1. The molecule has 1 aromatic heterocycles. The first-order valence-electron chi connectivity index (χ1n) is 5.87. The van der Waals surface area contributed by atoms with Crippen molar-refractivity contribution in [3.05, 3.63) is 53.5 Å². The van der Waals surface area contributed by atoms with Crippen LogP contribution >= 0.6 is 11.3 Å². The first-order valence-corrected chi connectivity index (χ1v) is 6.69.